The minimum absolute atomic E-state index is 0.120. The van der Waals surface area contributed by atoms with Crippen molar-refractivity contribution in [3.63, 3.8) is 0 Å². The molecule has 1 aliphatic rings. The summed E-state index contributed by atoms with van der Waals surface area (Å²) in [4.78, 5) is 28.5. The van der Waals surface area contributed by atoms with Crippen molar-refractivity contribution >= 4 is 23.2 Å². The van der Waals surface area contributed by atoms with Gasteiger partial charge in [0.15, 0.2) is 5.76 Å². The van der Waals surface area contributed by atoms with Gasteiger partial charge >= 0.3 is 5.97 Å². The van der Waals surface area contributed by atoms with Gasteiger partial charge in [0.1, 0.15) is 18.0 Å². The highest BCUT2D eigenvalue weighted by Crippen LogP contribution is 2.22. The normalized spacial score (nSPS) is 17.5. The summed E-state index contributed by atoms with van der Waals surface area (Å²) in [6.45, 7) is 1.70. The van der Waals surface area contributed by atoms with Crippen LogP contribution in [-0.2, 0) is 9.53 Å². The molecule has 0 aromatic heterocycles. The Morgan fingerprint density at radius 1 is 1.12 bits per heavy atom. The molecule has 1 N–H and O–H groups in total. The van der Waals surface area contributed by atoms with Crippen LogP contribution in [-0.4, -0.2) is 29.2 Å². The Balaban J connectivity index is 2.00. The van der Waals surface area contributed by atoms with E-state index in [1.807, 2.05) is 6.92 Å². The van der Waals surface area contributed by atoms with E-state index in [9.17, 15) is 19.1 Å². The summed E-state index contributed by atoms with van der Waals surface area (Å²) < 4.78 is 17.9. The molecular weight excluding hydrogens is 325 g/mol. The van der Waals surface area contributed by atoms with Gasteiger partial charge in [0.05, 0.1) is 11.4 Å². The molecule has 2 aromatic carbocycles. The molecule has 0 atom stereocenters. The number of hydrogen-bond acceptors (Lipinski definition) is 5. The number of aliphatic hydroxyl groups excluding tert-OH is 1. The zero-order valence-corrected chi connectivity index (χ0v) is 13.3. The van der Waals surface area contributed by atoms with E-state index in [4.69, 9.17) is 4.74 Å². The van der Waals surface area contributed by atoms with Crippen LogP contribution in [0, 0.1) is 12.7 Å². The van der Waals surface area contributed by atoms with Gasteiger partial charge in [0.25, 0.3) is 0 Å². The zero-order chi connectivity index (χ0) is 18.0. The molecule has 1 aliphatic heterocycles. The fourth-order valence-electron chi connectivity index (χ4n) is 2.34. The number of ether oxygens (including phenoxy) is 1. The largest absolute Gasteiger partial charge is 0.503 e. The first-order chi connectivity index (χ1) is 12.0. The molecule has 1 saturated heterocycles. The van der Waals surface area contributed by atoms with Gasteiger partial charge in [-0.25, -0.2) is 14.2 Å². The third-order valence-corrected chi connectivity index (χ3v) is 3.69. The van der Waals surface area contributed by atoms with E-state index in [2.05, 4.69) is 4.99 Å². The van der Waals surface area contributed by atoms with Crippen LogP contribution in [0.15, 0.2) is 64.9 Å². The lowest BCUT2D eigenvalue weighted by Crippen LogP contribution is -2.13. The van der Waals surface area contributed by atoms with E-state index in [1.165, 1.54) is 24.3 Å². The van der Waals surface area contributed by atoms with Crippen LogP contribution in [0.1, 0.15) is 15.9 Å². The Labute approximate surface area is 143 Å². The summed E-state index contributed by atoms with van der Waals surface area (Å²) in [6, 6.07) is 11.9. The number of esters is 1. The van der Waals surface area contributed by atoms with Crippen LogP contribution < -0.4 is 0 Å². The number of hydrogen-bond donors (Lipinski definition) is 1. The predicted molar refractivity (Wildman–Crippen MR) is 89.6 cm³/mol. The molecular formula is C19H14FNO4. The standard InChI is InChI=1S/C19H14FNO4/c1-11-2-4-12(5-3-11)17(22)18(23)16-15(10-25-19(16)24)21-14-8-6-13(20)7-9-14/h2-9,23H,10H2,1H3/b18-16+,21-15?. The number of halogens is 1. The van der Waals surface area contributed by atoms with Crippen LogP contribution in [0.4, 0.5) is 10.1 Å². The van der Waals surface area contributed by atoms with Crippen molar-refractivity contribution in [1.82, 2.24) is 0 Å². The first kappa shape index (κ1) is 16.6. The Morgan fingerprint density at radius 2 is 1.76 bits per heavy atom. The molecule has 0 bridgehead atoms. The molecule has 0 saturated carbocycles. The summed E-state index contributed by atoms with van der Waals surface area (Å²) in [5.41, 5.74) is 1.44. The molecule has 0 radical (unpaired) electrons. The molecule has 0 unspecified atom stereocenters. The summed E-state index contributed by atoms with van der Waals surface area (Å²) in [5.74, 6) is -2.65. The highest BCUT2D eigenvalue weighted by molar-refractivity contribution is 6.29. The molecule has 0 aliphatic carbocycles. The zero-order valence-electron chi connectivity index (χ0n) is 13.3. The van der Waals surface area contributed by atoms with Gasteiger partial charge in [-0.15, -0.1) is 0 Å². The number of carbonyl (C=O) groups excluding carboxylic acids is 2. The van der Waals surface area contributed by atoms with Crippen LogP contribution in [0.5, 0.6) is 0 Å². The van der Waals surface area contributed by atoms with Gasteiger partial charge in [-0.3, -0.25) is 4.79 Å². The summed E-state index contributed by atoms with van der Waals surface area (Å²) in [7, 11) is 0. The fraction of sp³-hybridized carbons (Fsp3) is 0.105. The van der Waals surface area contributed by atoms with Crippen molar-refractivity contribution in [2.45, 2.75) is 6.92 Å². The lowest BCUT2D eigenvalue weighted by molar-refractivity contribution is -0.135. The molecule has 2 aromatic rings. The first-order valence-electron chi connectivity index (χ1n) is 7.51. The molecule has 0 amide bonds. The predicted octanol–water partition coefficient (Wildman–Crippen LogP) is 3.46. The van der Waals surface area contributed by atoms with E-state index in [0.717, 1.165) is 5.56 Å². The molecule has 6 heteroatoms. The van der Waals surface area contributed by atoms with E-state index in [-0.39, 0.29) is 23.5 Å². The van der Waals surface area contributed by atoms with Crippen molar-refractivity contribution in [2.24, 2.45) is 4.99 Å². The quantitative estimate of drug-likeness (QED) is 0.402. The minimum atomic E-state index is -0.821. The molecule has 0 spiro atoms. The average molecular weight is 339 g/mol. The third-order valence-electron chi connectivity index (χ3n) is 3.69. The van der Waals surface area contributed by atoms with Gasteiger partial charge in [0, 0.05) is 5.56 Å². The van der Waals surface area contributed by atoms with Crippen molar-refractivity contribution < 1.29 is 23.8 Å². The average Bonchev–Trinajstić information content (AvgIpc) is 2.96. The van der Waals surface area contributed by atoms with Crippen molar-refractivity contribution in [3.05, 3.63) is 76.8 Å². The molecule has 1 fully saturated rings. The SMILES string of the molecule is Cc1ccc(C(=O)/C(O)=C2\C(=O)OCC2=Nc2ccc(F)cc2)cc1. The van der Waals surface area contributed by atoms with Gasteiger partial charge in [-0.05, 0) is 31.2 Å². The molecule has 3 rings (SSSR count). The van der Waals surface area contributed by atoms with Gasteiger partial charge in [-0.1, -0.05) is 29.8 Å². The lowest BCUT2D eigenvalue weighted by Gasteiger charge is -2.04. The maximum atomic E-state index is 13.0. The topological polar surface area (TPSA) is 76.0 Å². The van der Waals surface area contributed by atoms with Crippen molar-refractivity contribution in [3.8, 4) is 0 Å². The van der Waals surface area contributed by atoms with E-state index >= 15 is 0 Å². The number of allylic oxidation sites excluding steroid dienone is 1. The van der Waals surface area contributed by atoms with Crippen LogP contribution >= 0.6 is 0 Å². The number of aliphatic imine (C=N–C) groups is 1. The Bertz CT molecular complexity index is 896. The second-order valence-corrected chi connectivity index (χ2v) is 5.53. The second-order valence-electron chi connectivity index (χ2n) is 5.53. The molecule has 25 heavy (non-hydrogen) atoms. The highest BCUT2D eigenvalue weighted by atomic mass is 19.1. The second kappa shape index (κ2) is 6.68. The fourth-order valence-corrected chi connectivity index (χ4v) is 2.34. The summed E-state index contributed by atoms with van der Waals surface area (Å²) >= 11 is 0. The van der Waals surface area contributed by atoms with Crippen LogP contribution in [0.3, 0.4) is 0 Å². The first-order valence-corrected chi connectivity index (χ1v) is 7.51. The van der Waals surface area contributed by atoms with Crippen molar-refractivity contribution in [1.29, 1.82) is 0 Å². The number of ketones is 1. The van der Waals surface area contributed by atoms with E-state index in [1.54, 1.807) is 24.3 Å². The maximum absolute atomic E-state index is 13.0. The summed E-state index contributed by atoms with van der Waals surface area (Å²) in [5, 5.41) is 10.3. The number of aliphatic hydroxyl groups is 1. The van der Waals surface area contributed by atoms with Crippen molar-refractivity contribution in [2.75, 3.05) is 6.61 Å². The number of benzene rings is 2. The van der Waals surface area contributed by atoms with Gasteiger partial charge < -0.3 is 9.84 Å². The van der Waals surface area contributed by atoms with Gasteiger partial charge in [0.2, 0.25) is 5.78 Å². The molecule has 1 heterocycles. The number of cyclic esters (lactones) is 1. The Hall–Kier alpha value is -3.28. The monoisotopic (exact) mass is 339 g/mol. The number of Topliss-reactive ketones (excluding diaryl/α,β-unsaturated/α-hetero) is 1. The Morgan fingerprint density at radius 3 is 2.40 bits per heavy atom. The number of nitrogens with zero attached hydrogens (tertiary/aromatic N) is 1. The van der Waals surface area contributed by atoms with E-state index in [0.29, 0.717) is 5.69 Å². The molecule has 5 nitrogen and oxygen atoms in total. The minimum Gasteiger partial charge on any atom is -0.503 e. The number of carbonyl (C=O) groups is 2. The highest BCUT2D eigenvalue weighted by Gasteiger charge is 2.33. The van der Waals surface area contributed by atoms with Crippen LogP contribution in [0.2, 0.25) is 0 Å². The van der Waals surface area contributed by atoms with Crippen LogP contribution in [0.25, 0.3) is 0 Å². The Kier molecular flexibility index (Phi) is 4.43. The third kappa shape index (κ3) is 3.47. The maximum Gasteiger partial charge on any atom is 0.344 e. The van der Waals surface area contributed by atoms with E-state index < -0.39 is 23.3 Å². The molecule has 126 valence electrons. The van der Waals surface area contributed by atoms with Gasteiger partial charge in [-0.2, -0.15) is 0 Å². The number of rotatable bonds is 3. The number of aryl methyl sites for hydroxylation is 1. The lowest BCUT2D eigenvalue weighted by atomic mass is 10.0. The smallest absolute Gasteiger partial charge is 0.344 e. The summed E-state index contributed by atoms with van der Waals surface area (Å²) in [6.07, 6.45) is 0.